The first-order valence-electron chi connectivity index (χ1n) is 9.44. The zero-order valence-electron chi connectivity index (χ0n) is 16.6. The molecule has 0 saturated carbocycles. The van der Waals surface area contributed by atoms with Crippen LogP contribution >= 0.6 is 0 Å². The van der Waals surface area contributed by atoms with E-state index in [-0.39, 0.29) is 5.91 Å². The van der Waals surface area contributed by atoms with Gasteiger partial charge in [0, 0.05) is 37.8 Å². The van der Waals surface area contributed by atoms with Crippen LogP contribution in [0.3, 0.4) is 0 Å². The molecule has 0 bridgehead atoms. The molecule has 0 spiro atoms. The second-order valence-electron chi connectivity index (χ2n) is 6.98. The van der Waals surface area contributed by atoms with Crippen LogP contribution in [0.25, 0.3) is 11.1 Å². The summed E-state index contributed by atoms with van der Waals surface area (Å²) < 4.78 is 0. The highest BCUT2D eigenvalue weighted by Gasteiger charge is 2.23. The van der Waals surface area contributed by atoms with Gasteiger partial charge in [0.15, 0.2) is 0 Å². The van der Waals surface area contributed by atoms with Gasteiger partial charge in [-0.3, -0.25) is 9.69 Å². The molecule has 29 heavy (non-hydrogen) atoms. The van der Waals surface area contributed by atoms with Crippen molar-refractivity contribution in [1.29, 1.82) is 0 Å². The molecule has 0 radical (unpaired) electrons. The van der Waals surface area contributed by atoms with Gasteiger partial charge in [0.1, 0.15) is 0 Å². The van der Waals surface area contributed by atoms with Crippen LogP contribution in [0.1, 0.15) is 24.2 Å². The van der Waals surface area contributed by atoms with Crippen LogP contribution < -0.4 is 0 Å². The van der Waals surface area contributed by atoms with Crippen molar-refractivity contribution in [3.05, 3.63) is 60.2 Å². The van der Waals surface area contributed by atoms with Crippen LogP contribution in [0.5, 0.6) is 0 Å². The Morgan fingerprint density at radius 3 is 1.69 bits per heavy atom. The topological polar surface area (TPSA) is 98.2 Å². The third-order valence-corrected chi connectivity index (χ3v) is 4.75. The number of benzene rings is 2. The maximum atomic E-state index is 12.6. The van der Waals surface area contributed by atoms with E-state index in [1.165, 1.54) is 5.56 Å². The van der Waals surface area contributed by atoms with Crippen molar-refractivity contribution in [1.82, 2.24) is 9.80 Å². The first-order valence-corrected chi connectivity index (χ1v) is 9.44. The molecule has 7 heteroatoms. The van der Waals surface area contributed by atoms with E-state index in [4.69, 9.17) is 19.8 Å². The lowest BCUT2D eigenvalue weighted by Gasteiger charge is -2.37. The Labute approximate surface area is 170 Å². The number of rotatable bonds is 3. The number of aliphatic carboxylic acids is 2. The Balaban J connectivity index is 0.000000438. The fourth-order valence-electron chi connectivity index (χ4n) is 3.06. The molecule has 3 rings (SSSR count). The van der Waals surface area contributed by atoms with Gasteiger partial charge in [0.05, 0.1) is 0 Å². The van der Waals surface area contributed by atoms with Crippen LogP contribution in [0.2, 0.25) is 0 Å². The summed E-state index contributed by atoms with van der Waals surface area (Å²) in [5.41, 5.74) is 3.10. The summed E-state index contributed by atoms with van der Waals surface area (Å²) in [4.78, 5) is 35.2. The Bertz CT molecular complexity index is 814. The number of hydrogen-bond acceptors (Lipinski definition) is 4. The molecule has 1 aliphatic rings. The van der Waals surface area contributed by atoms with Crippen molar-refractivity contribution in [2.45, 2.75) is 19.9 Å². The smallest absolute Gasteiger partial charge is 0.414 e. The highest BCUT2D eigenvalue weighted by molar-refractivity contribution is 6.27. The zero-order chi connectivity index (χ0) is 21.4. The zero-order valence-corrected chi connectivity index (χ0v) is 16.6. The van der Waals surface area contributed by atoms with E-state index in [9.17, 15) is 4.79 Å². The van der Waals surface area contributed by atoms with Crippen LogP contribution in [0, 0.1) is 0 Å². The van der Waals surface area contributed by atoms with Gasteiger partial charge in [-0.05, 0) is 37.1 Å². The Kier molecular flexibility index (Phi) is 7.91. The molecule has 2 aromatic rings. The molecule has 1 fully saturated rings. The van der Waals surface area contributed by atoms with Gasteiger partial charge in [0.2, 0.25) is 0 Å². The maximum absolute atomic E-state index is 12.6. The molecule has 1 amide bonds. The van der Waals surface area contributed by atoms with E-state index < -0.39 is 11.9 Å². The lowest BCUT2D eigenvalue weighted by molar-refractivity contribution is -0.159. The van der Waals surface area contributed by atoms with Gasteiger partial charge in [-0.25, -0.2) is 9.59 Å². The molecule has 2 N–H and O–H groups in total. The van der Waals surface area contributed by atoms with Gasteiger partial charge in [-0.1, -0.05) is 42.5 Å². The second-order valence-corrected chi connectivity index (χ2v) is 6.98. The molecule has 7 nitrogen and oxygen atoms in total. The molecule has 0 aromatic heterocycles. The summed E-state index contributed by atoms with van der Waals surface area (Å²) in [6.07, 6.45) is 0. The first kappa shape index (κ1) is 22.1. The summed E-state index contributed by atoms with van der Waals surface area (Å²) >= 11 is 0. The van der Waals surface area contributed by atoms with E-state index in [2.05, 4.69) is 30.9 Å². The van der Waals surface area contributed by atoms with Crippen LogP contribution in [-0.2, 0) is 9.59 Å². The average molecular weight is 398 g/mol. The Morgan fingerprint density at radius 2 is 1.24 bits per heavy atom. The van der Waals surface area contributed by atoms with Crippen molar-refractivity contribution in [2.24, 2.45) is 0 Å². The second kappa shape index (κ2) is 10.4. The number of carboxylic acids is 2. The molecule has 1 heterocycles. The van der Waals surface area contributed by atoms with Gasteiger partial charge >= 0.3 is 11.9 Å². The quantitative estimate of drug-likeness (QED) is 0.772. The average Bonchev–Trinajstić information content (AvgIpc) is 2.74. The minimum atomic E-state index is -1.82. The van der Waals surface area contributed by atoms with Gasteiger partial charge < -0.3 is 15.1 Å². The molecule has 0 aliphatic carbocycles. The normalized spacial score (nSPS) is 14.1. The number of hydrogen-bond donors (Lipinski definition) is 2. The van der Waals surface area contributed by atoms with Crippen LogP contribution in [0.4, 0.5) is 0 Å². The van der Waals surface area contributed by atoms with Crippen LogP contribution in [0.15, 0.2) is 54.6 Å². The number of carbonyl (C=O) groups is 3. The summed E-state index contributed by atoms with van der Waals surface area (Å²) in [7, 11) is 0. The largest absolute Gasteiger partial charge is 0.473 e. The van der Waals surface area contributed by atoms with Crippen molar-refractivity contribution >= 4 is 17.8 Å². The molecular weight excluding hydrogens is 372 g/mol. The lowest BCUT2D eigenvalue weighted by Crippen LogP contribution is -2.50. The molecule has 0 atom stereocenters. The van der Waals surface area contributed by atoms with Crippen molar-refractivity contribution in [3.63, 3.8) is 0 Å². The predicted octanol–water partition coefficient (Wildman–Crippen LogP) is 2.68. The van der Waals surface area contributed by atoms with E-state index in [1.54, 1.807) is 0 Å². The minimum Gasteiger partial charge on any atom is -0.473 e. The maximum Gasteiger partial charge on any atom is 0.414 e. The standard InChI is InChI=1S/C20H24N2O.C2H2O4/c1-16(2)21-12-14-22(15-13-21)20(23)19-10-8-18(9-11-19)17-6-4-3-5-7-17;3-1(4)2(5)6/h3-11,16H,12-15H2,1-2H3;(H,3,4)(H,5,6). The first-order chi connectivity index (χ1) is 13.8. The molecule has 2 aromatic carbocycles. The van der Waals surface area contributed by atoms with E-state index >= 15 is 0 Å². The van der Waals surface area contributed by atoms with E-state index in [0.717, 1.165) is 37.3 Å². The highest BCUT2D eigenvalue weighted by Crippen LogP contribution is 2.20. The lowest BCUT2D eigenvalue weighted by atomic mass is 10.0. The van der Waals surface area contributed by atoms with Crippen molar-refractivity contribution < 1.29 is 24.6 Å². The fourth-order valence-corrected chi connectivity index (χ4v) is 3.06. The molecule has 0 unspecified atom stereocenters. The summed E-state index contributed by atoms with van der Waals surface area (Å²) in [5.74, 6) is -3.50. The van der Waals surface area contributed by atoms with Gasteiger partial charge in [-0.2, -0.15) is 0 Å². The third kappa shape index (κ3) is 6.43. The van der Waals surface area contributed by atoms with E-state index in [0.29, 0.717) is 6.04 Å². The summed E-state index contributed by atoms with van der Waals surface area (Å²) in [6, 6.07) is 18.8. The monoisotopic (exact) mass is 398 g/mol. The van der Waals surface area contributed by atoms with Crippen molar-refractivity contribution in [2.75, 3.05) is 26.2 Å². The summed E-state index contributed by atoms with van der Waals surface area (Å²) in [5, 5.41) is 14.8. The fraction of sp³-hybridized carbons (Fsp3) is 0.318. The Morgan fingerprint density at radius 1 is 0.759 bits per heavy atom. The number of nitrogens with zero attached hydrogens (tertiary/aromatic N) is 2. The number of carbonyl (C=O) groups excluding carboxylic acids is 1. The van der Waals surface area contributed by atoms with Crippen LogP contribution in [-0.4, -0.2) is 70.1 Å². The molecule has 1 aliphatic heterocycles. The highest BCUT2D eigenvalue weighted by atomic mass is 16.4. The number of piperazine rings is 1. The minimum absolute atomic E-state index is 0.146. The summed E-state index contributed by atoms with van der Waals surface area (Å²) in [6.45, 7) is 7.98. The SMILES string of the molecule is CC(C)N1CCN(C(=O)c2ccc(-c3ccccc3)cc2)CC1.O=C(O)C(=O)O. The van der Waals surface area contributed by atoms with Crippen molar-refractivity contribution in [3.8, 4) is 11.1 Å². The molecule has 154 valence electrons. The Hall–Kier alpha value is -3.19. The number of amides is 1. The molecular formula is C22H26N2O5. The van der Waals surface area contributed by atoms with E-state index in [1.807, 2.05) is 47.4 Å². The van der Waals surface area contributed by atoms with Gasteiger partial charge in [0.25, 0.3) is 5.91 Å². The predicted molar refractivity (Wildman–Crippen MR) is 110 cm³/mol. The third-order valence-electron chi connectivity index (χ3n) is 4.75. The number of carboxylic acid groups (broad SMARTS) is 2. The van der Waals surface area contributed by atoms with Gasteiger partial charge in [-0.15, -0.1) is 0 Å². The molecule has 1 saturated heterocycles.